The van der Waals surface area contributed by atoms with Crippen molar-refractivity contribution in [2.75, 3.05) is 0 Å². The molecule has 0 unspecified atom stereocenters. The first kappa shape index (κ1) is 6.29. The van der Waals surface area contributed by atoms with Crippen molar-refractivity contribution < 1.29 is 4.79 Å². The number of halogens is 1. The predicted octanol–water partition coefficient (Wildman–Crippen LogP) is 0.735. The van der Waals surface area contributed by atoms with E-state index < -0.39 is 0 Å². The van der Waals surface area contributed by atoms with E-state index >= 15 is 0 Å². The van der Waals surface area contributed by atoms with Crippen molar-refractivity contribution in [3.63, 3.8) is 0 Å². The van der Waals surface area contributed by atoms with E-state index in [4.69, 9.17) is 11.6 Å². The molecule has 0 atom stereocenters. The van der Waals surface area contributed by atoms with Gasteiger partial charge in [-0.3, -0.25) is 4.68 Å². The van der Waals surface area contributed by atoms with Crippen molar-refractivity contribution in [2.24, 2.45) is 0 Å². The first-order valence-electron chi connectivity index (χ1n) is 2.44. The lowest BCUT2D eigenvalue weighted by Crippen LogP contribution is -1.97. The standard InChI is InChI=1S/C5H5ClN2O/c6-5-3-7-8(4-5)1-2-9/h2-4H,1H2. The first-order valence-corrected chi connectivity index (χ1v) is 2.82. The van der Waals surface area contributed by atoms with Gasteiger partial charge in [0.15, 0.2) is 0 Å². The highest BCUT2D eigenvalue weighted by molar-refractivity contribution is 6.30. The molecule has 0 aliphatic carbocycles. The fourth-order valence-corrected chi connectivity index (χ4v) is 0.671. The van der Waals surface area contributed by atoms with Crippen molar-refractivity contribution in [1.29, 1.82) is 0 Å². The van der Waals surface area contributed by atoms with Crippen LogP contribution in [0, 0.1) is 0 Å². The van der Waals surface area contributed by atoms with Gasteiger partial charge < -0.3 is 4.79 Å². The topological polar surface area (TPSA) is 34.9 Å². The molecule has 0 aromatic carbocycles. The second-order valence-electron chi connectivity index (χ2n) is 1.55. The van der Waals surface area contributed by atoms with Gasteiger partial charge in [0.25, 0.3) is 0 Å². The molecule has 0 spiro atoms. The second kappa shape index (κ2) is 2.64. The Morgan fingerprint density at radius 3 is 3.11 bits per heavy atom. The third-order valence-corrected chi connectivity index (χ3v) is 1.06. The Hall–Kier alpha value is -0.830. The van der Waals surface area contributed by atoms with Gasteiger partial charge in [-0.25, -0.2) is 0 Å². The van der Waals surface area contributed by atoms with Gasteiger partial charge in [0, 0.05) is 6.20 Å². The summed E-state index contributed by atoms with van der Waals surface area (Å²) in [6.45, 7) is 0.271. The summed E-state index contributed by atoms with van der Waals surface area (Å²) < 4.78 is 1.47. The quantitative estimate of drug-likeness (QED) is 0.574. The molecule has 3 nitrogen and oxygen atoms in total. The highest BCUT2D eigenvalue weighted by atomic mass is 35.5. The van der Waals surface area contributed by atoms with Gasteiger partial charge in [-0.15, -0.1) is 0 Å². The normalized spacial score (nSPS) is 9.44. The zero-order valence-corrected chi connectivity index (χ0v) is 5.38. The fraction of sp³-hybridized carbons (Fsp3) is 0.200. The van der Waals surface area contributed by atoms with Crippen LogP contribution in [-0.4, -0.2) is 16.1 Å². The fourth-order valence-electron chi connectivity index (χ4n) is 0.515. The molecule has 48 valence electrons. The van der Waals surface area contributed by atoms with Crippen LogP contribution in [0.2, 0.25) is 5.02 Å². The zero-order chi connectivity index (χ0) is 6.69. The molecule has 0 aliphatic heterocycles. The summed E-state index contributed by atoms with van der Waals surface area (Å²) in [5.41, 5.74) is 0. The number of aldehydes is 1. The van der Waals surface area contributed by atoms with Crippen LogP contribution in [0.25, 0.3) is 0 Å². The number of nitrogens with zero attached hydrogens (tertiary/aromatic N) is 2. The molecule has 0 saturated heterocycles. The highest BCUT2D eigenvalue weighted by Crippen LogP contribution is 2.03. The zero-order valence-electron chi connectivity index (χ0n) is 4.62. The minimum Gasteiger partial charge on any atom is -0.301 e. The Balaban J connectivity index is 2.72. The van der Waals surface area contributed by atoms with Crippen molar-refractivity contribution in [3.8, 4) is 0 Å². The monoisotopic (exact) mass is 144 g/mol. The molecule has 1 heterocycles. The summed E-state index contributed by atoms with van der Waals surface area (Å²) in [4.78, 5) is 9.88. The molecular formula is C5H5ClN2O. The van der Waals surface area contributed by atoms with Crippen molar-refractivity contribution in [3.05, 3.63) is 17.4 Å². The van der Waals surface area contributed by atoms with Crippen LogP contribution < -0.4 is 0 Å². The molecule has 0 bridgehead atoms. The number of carbonyl (C=O) groups excluding carboxylic acids is 1. The van der Waals surface area contributed by atoms with E-state index in [1.54, 1.807) is 6.20 Å². The number of hydrogen-bond donors (Lipinski definition) is 0. The Labute approximate surface area is 57.2 Å². The Kier molecular flexibility index (Phi) is 1.85. The minimum atomic E-state index is 0.271. The van der Waals surface area contributed by atoms with E-state index in [1.165, 1.54) is 10.9 Å². The van der Waals surface area contributed by atoms with E-state index in [9.17, 15) is 4.79 Å². The molecule has 1 rings (SSSR count). The Morgan fingerprint density at radius 1 is 1.89 bits per heavy atom. The maximum atomic E-state index is 9.88. The van der Waals surface area contributed by atoms with E-state index in [0.717, 1.165) is 6.29 Å². The molecule has 0 aliphatic rings. The molecule has 9 heavy (non-hydrogen) atoms. The van der Waals surface area contributed by atoms with Crippen LogP contribution in [0.1, 0.15) is 0 Å². The number of hydrogen-bond acceptors (Lipinski definition) is 2. The average molecular weight is 145 g/mol. The van der Waals surface area contributed by atoms with Crippen LogP contribution in [0.15, 0.2) is 12.4 Å². The van der Waals surface area contributed by atoms with E-state index in [2.05, 4.69) is 5.10 Å². The van der Waals surface area contributed by atoms with Gasteiger partial charge in [0.2, 0.25) is 0 Å². The summed E-state index contributed by atoms with van der Waals surface area (Å²) in [6.07, 6.45) is 3.85. The largest absolute Gasteiger partial charge is 0.301 e. The van der Waals surface area contributed by atoms with E-state index in [0.29, 0.717) is 5.02 Å². The van der Waals surface area contributed by atoms with Crippen molar-refractivity contribution >= 4 is 17.9 Å². The van der Waals surface area contributed by atoms with Gasteiger partial charge in [-0.05, 0) is 0 Å². The SMILES string of the molecule is O=CCn1cc(Cl)cn1. The molecule has 0 N–H and O–H groups in total. The van der Waals surface area contributed by atoms with Crippen LogP contribution in [0.4, 0.5) is 0 Å². The lowest BCUT2D eigenvalue weighted by molar-refractivity contribution is -0.108. The molecule has 0 fully saturated rings. The maximum absolute atomic E-state index is 9.88. The lowest BCUT2D eigenvalue weighted by atomic mass is 10.7. The number of rotatable bonds is 2. The first-order chi connectivity index (χ1) is 4.33. The summed E-state index contributed by atoms with van der Waals surface area (Å²) >= 11 is 5.50. The van der Waals surface area contributed by atoms with Gasteiger partial charge in [-0.1, -0.05) is 11.6 Å². The number of aromatic nitrogens is 2. The lowest BCUT2D eigenvalue weighted by Gasteiger charge is -1.87. The summed E-state index contributed by atoms with van der Waals surface area (Å²) in [6, 6.07) is 0. The number of carbonyl (C=O) groups is 1. The van der Waals surface area contributed by atoms with E-state index in [-0.39, 0.29) is 6.54 Å². The minimum absolute atomic E-state index is 0.271. The molecule has 1 aromatic heterocycles. The van der Waals surface area contributed by atoms with Crippen molar-refractivity contribution in [1.82, 2.24) is 9.78 Å². The molecule has 0 saturated carbocycles. The second-order valence-corrected chi connectivity index (χ2v) is 1.98. The molecule has 0 radical (unpaired) electrons. The Bertz CT molecular complexity index is 208. The summed E-state index contributed by atoms with van der Waals surface area (Å²) in [5, 5.41) is 4.31. The average Bonchev–Trinajstić information content (AvgIpc) is 2.17. The van der Waals surface area contributed by atoms with Crippen molar-refractivity contribution in [2.45, 2.75) is 6.54 Å². The third-order valence-electron chi connectivity index (χ3n) is 0.863. The van der Waals surface area contributed by atoms with Gasteiger partial charge in [-0.2, -0.15) is 5.10 Å². The molecule has 1 aromatic rings. The molecular weight excluding hydrogens is 140 g/mol. The molecule has 0 amide bonds. The summed E-state index contributed by atoms with van der Waals surface area (Å²) in [7, 11) is 0. The highest BCUT2D eigenvalue weighted by Gasteiger charge is 1.91. The van der Waals surface area contributed by atoms with Crippen LogP contribution in [0.3, 0.4) is 0 Å². The van der Waals surface area contributed by atoms with Gasteiger partial charge in [0.1, 0.15) is 6.29 Å². The summed E-state index contributed by atoms with van der Waals surface area (Å²) in [5.74, 6) is 0. The predicted molar refractivity (Wildman–Crippen MR) is 33.3 cm³/mol. The third kappa shape index (κ3) is 1.54. The van der Waals surface area contributed by atoms with Gasteiger partial charge in [0.05, 0.1) is 17.8 Å². The smallest absolute Gasteiger partial charge is 0.141 e. The maximum Gasteiger partial charge on any atom is 0.141 e. The van der Waals surface area contributed by atoms with E-state index in [1.807, 2.05) is 0 Å². The molecule has 4 heteroatoms. The van der Waals surface area contributed by atoms with Crippen LogP contribution in [0.5, 0.6) is 0 Å². The van der Waals surface area contributed by atoms with Crippen LogP contribution >= 0.6 is 11.6 Å². The Morgan fingerprint density at radius 2 is 2.67 bits per heavy atom. The van der Waals surface area contributed by atoms with Gasteiger partial charge >= 0.3 is 0 Å². The van der Waals surface area contributed by atoms with Crippen LogP contribution in [-0.2, 0) is 11.3 Å².